The number of benzene rings is 3. The molecule has 1 saturated carbocycles. The molecule has 41 heavy (non-hydrogen) atoms. The summed E-state index contributed by atoms with van der Waals surface area (Å²) >= 11 is 6.15. The number of fused-ring (bicyclic) bond motifs is 3. The Morgan fingerprint density at radius 3 is 2.68 bits per heavy atom. The fourth-order valence-electron chi connectivity index (χ4n) is 5.14. The van der Waals surface area contributed by atoms with Crippen molar-refractivity contribution in [1.29, 1.82) is 0 Å². The number of rotatable bonds is 10. The number of alkyl carbamates (subject to hydrolysis) is 1. The lowest BCUT2D eigenvalue weighted by molar-refractivity contribution is -0.136. The number of hydrogen-bond donors (Lipinski definition) is 2. The molecule has 3 aromatic rings. The molecule has 0 bridgehead atoms. The zero-order valence-electron chi connectivity index (χ0n) is 22.6. The Labute approximate surface area is 243 Å². The Morgan fingerprint density at radius 1 is 1.05 bits per heavy atom. The van der Waals surface area contributed by atoms with E-state index in [-0.39, 0.29) is 32.8 Å². The van der Waals surface area contributed by atoms with Crippen molar-refractivity contribution < 1.29 is 33.7 Å². The van der Waals surface area contributed by atoms with Crippen LogP contribution in [-0.4, -0.2) is 49.6 Å². The van der Waals surface area contributed by atoms with Gasteiger partial charge in [0.1, 0.15) is 25.6 Å². The fraction of sp³-hybridized carbons (Fsp3) is 0.323. The minimum Gasteiger partial charge on any atom is -0.490 e. The van der Waals surface area contributed by atoms with E-state index in [1.54, 1.807) is 11.0 Å². The smallest absolute Gasteiger partial charge is 0.414 e. The number of nitrogens with zero attached hydrogens (tertiary/aromatic N) is 1. The Morgan fingerprint density at radius 2 is 1.85 bits per heavy atom. The first-order valence-corrected chi connectivity index (χ1v) is 13.9. The van der Waals surface area contributed by atoms with Gasteiger partial charge in [0.25, 0.3) is 0 Å². The van der Waals surface area contributed by atoms with Crippen LogP contribution in [0.15, 0.2) is 60.7 Å². The predicted octanol–water partition coefficient (Wildman–Crippen LogP) is 6.16. The molecule has 1 aliphatic carbocycles. The first-order chi connectivity index (χ1) is 19.8. The summed E-state index contributed by atoms with van der Waals surface area (Å²) in [7, 11) is 0. The maximum absolute atomic E-state index is 13.2. The first kappa shape index (κ1) is 28.3. The van der Waals surface area contributed by atoms with E-state index >= 15 is 0 Å². The molecule has 0 unspecified atom stereocenters. The summed E-state index contributed by atoms with van der Waals surface area (Å²) in [6.07, 6.45) is -0.245. The third kappa shape index (κ3) is 6.74. The monoisotopic (exact) mass is 578 g/mol. The van der Waals surface area contributed by atoms with Gasteiger partial charge in [0, 0.05) is 23.7 Å². The number of ether oxygens (including phenoxy) is 3. The van der Waals surface area contributed by atoms with E-state index in [1.165, 1.54) is 0 Å². The Balaban J connectivity index is 1.24. The van der Waals surface area contributed by atoms with E-state index < -0.39 is 18.2 Å². The zero-order valence-corrected chi connectivity index (χ0v) is 23.4. The molecule has 1 fully saturated rings. The summed E-state index contributed by atoms with van der Waals surface area (Å²) in [5.41, 5.74) is 5.59. The van der Waals surface area contributed by atoms with Crippen molar-refractivity contribution in [3.63, 3.8) is 0 Å². The van der Waals surface area contributed by atoms with Crippen LogP contribution in [0.5, 0.6) is 5.75 Å². The molecule has 2 atom stereocenters. The topological polar surface area (TPSA) is 114 Å². The normalized spacial score (nSPS) is 16.7. The van der Waals surface area contributed by atoms with Crippen LogP contribution in [0.1, 0.15) is 35.4 Å². The van der Waals surface area contributed by atoms with Crippen molar-refractivity contribution in [2.24, 2.45) is 5.92 Å². The van der Waals surface area contributed by atoms with E-state index in [9.17, 15) is 14.4 Å². The molecule has 0 radical (unpaired) electrons. The van der Waals surface area contributed by atoms with Gasteiger partial charge in [-0.15, -0.1) is 0 Å². The maximum Gasteiger partial charge on any atom is 0.414 e. The van der Waals surface area contributed by atoms with Crippen LogP contribution in [0.4, 0.5) is 15.3 Å². The molecule has 214 valence electrons. The molecule has 2 N–H and O–H groups in total. The number of hydrogen-bond acceptors (Lipinski definition) is 6. The van der Waals surface area contributed by atoms with E-state index in [0.29, 0.717) is 29.2 Å². The number of nitrogens with one attached hydrogen (secondary N) is 1. The standard InChI is InChI=1S/C31H31ClN2O7/c1-19-25(32)8-4-10-27(19)39-13-14-40-31(38)34-17-22-16-24(22)29-23(7-3-9-26(29)34)21-6-2-5-20(15-21)18-41-30(37)33-12-11-28(35)36/h2-10,15,22,24H,11-14,16-18H2,1H3,(H,33,37)(H,35,36)/t22-,24-/m1/s1. The molecule has 3 aromatic carbocycles. The third-order valence-electron chi connectivity index (χ3n) is 7.31. The van der Waals surface area contributed by atoms with Gasteiger partial charge in [-0.1, -0.05) is 48.0 Å². The van der Waals surface area contributed by atoms with Gasteiger partial charge in [-0.3, -0.25) is 9.69 Å². The van der Waals surface area contributed by atoms with Crippen molar-refractivity contribution in [2.45, 2.75) is 32.3 Å². The number of amides is 2. The average Bonchev–Trinajstić information content (AvgIpc) is 3.75. The van der Waals surface area contributed by atoms with Crippen LogP contribution in [0, 0.1) is 12.8 Å². The van der Waals surface area contributed by atoms with Gasteiger partial charge in [-0.25, -0.2) is 9.59 Å². The van der Waals surface area contributed by atoms with Crippen molar-refractivity contribution in [1.82, 2.24) is 5.32 Å². The van der Waals surface area contributed by atoms with E-state index in [1.807, 2.05) is 61.5 Å². The molecule has 1 aliphatic heterocycles. The number of carboxylic acid groups (broad SMARTS) is 1. The Bertz CT molecular complexity index is 1460. The second-order valence-corrected chi connectivity index (χ2v) is 10.5. The van der Waals surface area contributed by atoms with E-state index in [4.69, 9.17) is 30.9 Å². The lowest BCUT2D eigenvalue weighted by atomic mass is 9.91. The summed E-state index contributed by atoms with van der Waals surface area (Å²) in [4.78, 5) is 37.4. The zero-order chi connectivity index (χ0) is 28.9. The number of carbonyl (C=O) groups excluding carboxylic acids is 2. The lowest BCUT2D eigenvalue weighted by Crippen LogP contribution is -2.37. The molecule has 0 spiro atoms. The van der Waals surface area contributed by atoms with Crippen LogP contribution >= 0.6 is 11.6 Å². The van der Waals surface area contributed by atoms with Crippen molar-refractivity contribution in [2.75, 3.05) is 31.2 Å². The van der Waals surface area contributed by atoms with Gasteiger partial charge < -0.3 is 24.6 Å². The second-order valence-electron chi connectivity index (χ2n) is 10.1. The van der Waals surface area contributed by atoms with E-state index in [0.717, 1.165) is 39.9 Å². The minimum absolute atomic E-state index is 0.000438. The lowest BCUT2D eigenvalue weighted by Gasteiger charge is -2.30. The summed E-state index contributed by atoms with van der Waals surface area (Å²) in [6.45, 7) is 2.85. The number of carboxylic acids is 1. The highest BCUT2D eigenvalue weighted by Gasteiger charge is 2.48. The molecule has 9 nitrogen and oxygen atoms in total. The van der Waals surface area contributed by atoms with Crippen LogP contribution < -0.4 is 15.0 Å². The summed E-state index contributed by atoms with van der Waals surface area (Å²) in [5, 5.41) is 11.7. The molecule has 0 aromatic heterocycles. The van der Waals surface area contributed by atoms with Gasteiger partial charge in [0.05, 0.1) is 12.1 Å². The quantitative estimate of drug-likeness (QED) is 0.277. The van der Waals surface area contributed by atoms with Crippen molar-refractivity contribution in [3.05, 3.63) is 82.4 Å². The van der Waals surface area contributed by atoms with Gasteiger partial charge >= 0.3 is 18.2 Å². The maximum atomic E-state index is 13.2. The largest absolute Gasteiger partial charge is 0.490 e. The Hall–Kier alpha value is -4.24. The molecular weight excluding hydrogens is 548 g/mol. The van der Waals surface area contributed by atoms with Crippen molar-refractivity contribution >= 4 is 35.4 Å². The third-order valence-corrected chi connectivity index (χ3v) is 7.71. The van der Waals surface area contributed by atoms with Crippen LogP contribution in [0.25, 0.3) is 11.1 Å². The Kier molecular flexibility index (Phi) is 8.64. The highest BCUT2D eigenvalue weighted by molar-refractivity contribution is 6.31. The predicted molar refractivity (Wildman–Crippen MR) is 154 cm³/mol. The van der Waals surface area contributed by atoms with Gasteiger partial charge in [0.2, 0.25) is 0 Å². The van der Waals surface area contributed by atoms with Gasteiger partial charge in [0.15, 0.2) is 0 Å². The molecular formula is C31H31ClN2O7. The average molecular weight is 579 g/mol. The minimum atomic E-state index is -0.994. The fourth-order valence-corrected chi connectivity index (χ4v) is 5.31. The second kappa shape index (κ2) is 12.5. The molecule has 5 rings (SSSR count). The van der Waals surface area contributed by atoms with Crippen LogP contribution in [0.3, 0.4) is 0 Å². The summed E-state index contributed by atoms with van der Waals surface area (Å²) in [6, 6.07) is 19.1. The number of aliphatic carboxylic acids is 1. The SMILES string of the molecule is Cc1c(Cl)cccc1OCCOC(=O)N1C[C@H]2C[C@H]2c2c(-c3cccc(COC(=O)NCCC(=O)O)c3)cccc21. The van der Waals surface area contributed by atoms with Crippen molar-refractivity contribution in [3.8, 4) is 16.9 Å². The summed E-state index contributed by atoms with van der Waals surface area (Å²) < 4.78 is 16.6. The first-order valence-electron chi connectivity index (χ1n) is 13.5. The molecule has 2 amide bonds. The number of carbonyl (C=O) groups is 3. The summed E-state index contributed by atoms with van der Waals surface area (Å²) in [5.74, 6) is 0.419. The number of halogens is 1. The number of anilines is 1. The van der Waals surface area contributed by atoms with Crippen LogP contribution in [0.2, 0.25) is 5.02 Å². The van der Waals surface area contributed by atoms with E-state index in [2.05, 4.69) is 5.32 Å². The highest BCUT2D eigenvalue weighted by Crippen LogP contribution is 2.57. The van der Waals surface area contributed by atoms with Gasteiger partial charge in [-0.2, -0.15) is 0 Å². The van der Waals surface area contributed by atoms with Gasteiger partial charge in [-0.05, 0) is 71.7 Å². The molecule has 2 aliphatic rings. The molecule has 0 saturated heterocycles. The molecule has 1 heterocycles. The molecule has 10 heteroatoms. The van der Waals surface area contributed by atoms with Crippen LogP contribution in [-0.2, 0) is 20.9 Å². The highest BCUT2D eigenvalue weighted by atomic mass is 35.5.